The molecule has 0 spiro atoms. The van der Waals surface area contributed by atoms with E-state index in [-0.39, 0.29) is 50.2 Å². The number of aromatic nitrogens is 4. The number of benzene rings is 1. The molecule has 3 saturated heterocycles. The number of nitrogens with zero attached hydrogens (tertiary/aromatic N) is 6. The van der Waals surface area contributed by atoms with Crippen molar-refractivity contribution in [3.63, 3.8) is 0 Å². The molecule has 6 heterocycles. The zero-order valence-electron chi connectivity index (χ0n) is 24.5. The van der Waals surface area contributed by atoms with E-state index in [1.54, 1.807) is 0 Å². The molecular weight excluding hydrogens is 596 g/mol. The van der Waals surface area contributed by atoms with E-state index in [0.29, 0.717) is 30.9 Å². The smallest absolute Gasteiger partial charge is 0.319 e. The first-order chi connectivity index (χ1) is 21.3. The van der Waals surface area contributed by atoms with E-state index >= 15 is 4.39 Å². The fourth-order valence-corrected chi connectivity index (χ4v) is 7.36. The maximum absolute atomic E-state index is 16.4. The molecule has 1 atom stereocenters. The van der Waals surface area contributed by atoms with Gasteiger partial charge in [0.15, 0.2) is 10.9 Å². The maximum atomic E-state index is 16.4. The molecule has 9 nitrogen and oxygen atoms in total. The molecule has 3 aromatic heterocycles. The van der Waals surface area contributed by atoms with Crippen LogP contribution in [-0.4, -0.2) is 75.7 Å². The molecule has 0 amide bonds. The van der Waals surface area contributed by atoms with Gasteiger partial charge in [-0.3, -0.25) is 9.88 Å². The fraction of sp³-hybridized carbons (Fsp3) is 0.467. The molecular formula is C30H34F4N8OS. The molecule has 3 aliphatic heterocycles. The van der Waals surface area contributed by atoms with Crippen LogP contribution in [0.2, 0.25) is 0 Å². The Hall–Kier alpha value is -3.62. The molecule has 1 aromatic carbocycles. The number of nitrogen functional groups attached to an aromatic ring is 1. The minimum atomic E-state index is -1.78. The first-order valence-electron chi connectivity index (χ1n) is 14.9. The van der Waals surface area contributed by atoms with Crippen LogP contribution in [-0.2, 0) is 0 Å². The first-order valence-corrected chi connectivity index (χ1v) is 15.7. The summed E-state index contributed by atoms with van der Waals surface area (Å²) in [6.45, 7) is 7.45. The summed E-state index contributed by atoms with van der Waals surface area (Å²) in [4.78, 5) is 22.0. The van der Waals surface area contributed by atoms with E-state index in [9.17, 15) is 13.2 Å². The van der Waals surface area contributed by atoms with Gasteiger partial charge in [0.05, 0.1) is 21.1 Å². The molecule has 0 bridgehead atoms. The quantitative estimate of drug-likeness (QED) is 0.258. The Balaban J connectivity index is 0.00000168. The lowest BCUT2D eigenvalue weighted by molar-refractivity contribution is 0.108. The van der Waals surface area contributed by atoms with Crippen LogP contribution in [0.25, 0.3) is 32.4 Å². The van der Waals surface area contributed by atoms with Crippen molar-refractivity contribution in [1.82, 2.24) is 30.2 Å². The highest BCUT2D eigenvalue weighted by atomic mass is 32.1. The first kappa shape index (κ1) is 30.4. The summed E-state index contributed by atoms with van der Waals surface area (Å²) < 4.78 is 63.5. The Morgan fingerprint density at radius 2 is 1.89 bits per heavy atom. The Bertz CT molecular complexity index is 1700. The zero-order valence-corrected chi connectivity index (χ0v) is 25.4. The van der Waals surface area contributed by atoms with Gasteiger partial charge in [-0.25, -0.2) is 13.8 Å². The zero-order chi connectivity index (χ0) is 31.0. The van der Waals surface area contributed by atoms with Gasteiger partial charge < -0.3 is 20.7 Å². The van der Waals surface area contributed by atoms with E-state index in [1.165, 1.54) is 18.3 Å². The van der Waals surface area contributed by atoms with Crippen molar-refractivity contribution in [2.45, 2.75) is 51.1 Å². The van der Waals surface area contributed by atoms with Crippen LogP contribution in [0.5, 0.6) is 6.01 Å². The molecule has 4 aromatic rings. The number of halogens is 4. The second-order valence-corrected chi connectivity index (χ2v) is 12.0. The minimum absolute atomic E-state index is 0.00567. The predicted molar refractivity (Wildman–Crippen MR) is 164 cm³/mol. The lowest BCUT2D eigenvalue weighted by Crippen LogP contribution is -2.50. The fourth-order valence-electron chi connectivity index (χ4n) is 6.59. The number of ether oxygens (including phenoxy) is 1. The average molecular weight is 631 g/mol. The number of piperazine rings is 1. The number of anilines is 2. The molecule has 234 valence electrons. The molecule has 7 rings (SSSR count). The summed E-state index contributed by atoms with van der Waals surface area (Å²) in [7, 11) is 0. The molecule has 44 heavy (non-hydrogen) atoms. The Morgan fingerprint density at radius 1 is 1.11 bits per heavy atom. The topological polar surface area (TPSA) is 105 Å². The summed E-state index contributed by atoms with van der Waals surface area (Å²) in [5, 5.41) is 3.51. The highest BCUT2D eigenvalue weighted by Gasteiger charge is 2.45. The van der Waals surface area contributed by atoms with Crippen molar-refractivity contribution in [1.29, 1.82) is 0 Å². The Kier molecular flexibility index (Phi) is 8.57. The van der Waals surface area contributed by atoms with E-state index < -0.39 is 23.8 Å². The van der Waals surface area contributed by atoms with Crippen molar-refractivity contribution in [3.8, 4) is 17.3 Å². The molecule has 1 unspecified atom stereocenters. The SMILES string of the molecule is CC.Nc1nc2c(-c3ncc4c(N5CCNC(C=C(F)F)C5)nc(OCC56CCCN5CCC6)nc4c3F)ccc(F)c2s1. The van der Waals surface area contributed by atoms with Crippen LogP contribution in [0.4, 0.5) is 28.5 Å². The van der Waals surface area contributed by atoms with E-state index in [0.717, 1.165) is 56.2 Å². The Labute approximate surface area is 256 Å². The monoisotopic (exact) mass is 630 g/mol. The number of hydrogen-bond donors (Lipinski definition) is 2. The van der Waals surface area contributed by atoms with Crippen LogP contribution in [0.1, 0.15) is 39.5 Å². The third-order valence-corrected chi connectivity index (χ3v) is 9.42. The standard InChI is InChI=1S/C28H28F4N8OS.C2H6/c29-18-4-3-16(23-24(18)42-26(33)36-23)21-20(32)22-17(12-35-21)25(39-10-7-34-15(13-39)11-19(30)31)38-27(37-22)41-14-28-5-1-8-40(28)9-2-6-28;1-2/h3-4,11-12,15,34H,1-2,5-10,13-14H2,(H2,33,36);1-2H3. The van der Waals surface area contributed by atoms with Crippen LogP contribution < -0.4 is 20.7 Å². The lowest BCUT2D eigenvalue weighted by Gasteiger charge is -2.34. The number of pyridine rings is 1. The van der Waals surface area contributed by atoms with Crippen molar-refractivity contribution in [3.05, 3.63) is 42.1 Å². The molecule has 14 heteroatoms. The summed E-state index contributed by atoms with van der Waals surface area (Å²) in [6.07, 6.45) is 4.72. The van der Waals surface area contributed by atoms with Crippen molar-refractivity contribution in [2.24, 2.45) is 0 Å². The van der Waals surface area contributed by atoms with Gasteiger partial charge in [0.1, 0.15) is 29.5 Å². The minimum Gasteiger partial charge on any atom is -0.461 e. The van der Waals surface area contributed by atoms with Gasteiger partial charge in [0.25, 0.3) is 6.08 Å². The van der Waals surface area contributed by atoms with Crippen molar-refractivity contribution in [2.75, 3.05) is 50.0 Å². The van der Waals surface area contributed by atoms with Crippen LogP contribution in [0.15, 0.2) is 30.5 Å². The number of nitrogens with two attached hydrogens (primary N) is 1. The molecule has 3 aliphatic rings. The highest BCUT2D eigenvalue weighted by Crippen LogP contribution is 2.40. The summed E-state index contributed by atoms with van der Waals surface area (Å²) in [6, 6.07) is 2.03. The van der Waals surface area contributed by atoms with Crippen molar-refractivity contribution >= 4 is 43.4 Å². The number of fused-ring (bicyclic) bond motifs is 3. The van der Waals surface area contributed by atoms with Gasteiger partial charge in [0, 0.05) is 37.4 Å². The second kappa shape index (κ2) is 12.4. The summed E-state index contributed by atoms with van der Waals surface area (Å²) in [5.41, 5.74) is 6.14. The van der Waals surface area contributed by atoms with E-state index in [1.807, 2.05) is 18.7 Å². The molecule has 0 saturated carbocycles. The van der Waals surface area contributed by atoms with Gasteiger partial charge in [-0.15, -0.1) is 0 Å². The third-order valence-electron chi connectivity index (χ3n) is 8.52. The normalized spacial score (nSPS) is 19.6. The van der Waals surface area contributed by atoms with Gasteiger partial charge in [-0.1, -0.05) is 25.2 Å². The number of thiazole rings is 1. The van der Waals surface area contributed by atoms with Gasteiger partial charge in [-0.2, -0.15) is 18.7 Å². The number of nitrogens with one attached hydrogen (secondary N) is 1. The van der Waals surface area contributed by atoms with Gasteiger partial charge >= 0.3 is 6.01 Å². The summed E-state index contributed by atoms with van der Waals surface area (Å²) >= 11 is 0.972. The molecule has 0 aliphatic carbocycles. The summed E-state index contributed by atoms with van der Waals surface area (Å²) in [5.74, 6) is -0.909. The van der Waals surface area contributed by atoms with E-state index in [2.05, 4.69) is 30.2 Å². The molecule has 3 fully saturated rings. The Morgan fingerprint density at radius 3 is 2.64 bits per heavy atom. The van der Waals surface area contributed by atoms with Gasteiger partial charge in [-0.05, 0) is 57.0 Å². The van der Waals surface area contributed by atoms with Crippen LogP contribution in [0.3, 0.4) is 0 Å². The number of hydrogen-bond acceptors (Lipinski definition) is 10. The average Bonchev–Trinajstić information content (AvgIpc) is 3.72. The predicted octanol–water partition coefficient (Wildman–Crippen LogP) is 5.75. The van der Waals surface area contributed by atoms with Crippen LogP contribution in [0, 0.1) is 11.6 Å². The second-order valence-electron chi connectivity index (χ2n) is 11.0. The van der Waals surface area contributed by atoms with Gasteiger partial charge in [0.2, 0.25) is 0 Å². The maximum Gasteiger partial charge on any atom is 0.319 e. The highest BCUT2D eigenvalue weighted by molar-refractivity contribution is 7.22. The number of rotatable bonds is 6. The lowest BCUT2D eigenvalue weighted by atomic mass is 9.95. The largest absolute Gasteiger partial charge is 0.461 e. The van der Waals surface area contributed by atoms with Crippen molar-refractivity contribution < 1.29 is 22.3 Å². The third kappa shape index (κ3) is 5.54. The molecule has 3 N–H and O–H groups in total. The van der Waals surface area contributed by atoms with Crippen LogP contribution >= 0.6 is 11.3 Å². The molecule has 0 radical (unpaired) electrons. The van der Waals surface area contributed by atoms with E-state index in [4.69, 9.17) is 10.5 Å².